The van der Waals surface area contributed by atoms with Crippen LogP contribution in [-0.4, -0.2) is 58.3 Å². The number of carbonyl (C=O) groups is 1. The summed E-state index contributed by atoms with van der Waals surface area (Å²) >= 11 is 3.36. The molecular formula is C14H21BrN2O3. The van der Waals surface area contributed by atoms with Gasteiger partial charge in [-0.2, -0.15) is 0 Å². The maximum Gasteiger partial charge on any atom is 0.252 e. The lowest BCUT2D eigenvalue weighted by molar-refractivity contribution is 0.0899. The third kappa shape index (κ3) is 5.90. The minimum Gasteiger partial charge on any atom is -0.497 e. The highest BCUT2D eigenvalue weighted by atomic mass is 79.9. The number of halogens is 1. The van der Waals surface area contributed by atoms with Crippen LogP contribution in [0.3, 0.4) is 0 Å². The molecule has 0 aliphatic rings. The zero-order valence-corrected chi connectivity index (χ0v) is 13.7. The molecule has 0 unspecified atom stereocenters. The molecule has 0 aliphatic heterocycles. The Bertz CT molecular complexity index is 438. The highest BCUT2D eigenvalue weighted by Crippen LogP contribution is 2.22. The van der Waals surface area contributed by atoms with Gasteiger partial charge >= 0.3 is 0 Å². The fourth-order valence-electron chi connectivity index (χ4n) is 1.49. The van der Waals surface area contributed by atoms with Crippen molar-refractivity contribution < 1.29 is 14.3 Å². The lowest BCUT2D eigenvalue weighted by atomic mass is 10.2. The Kier molecular flexibility index (Phi) is 7.58. The van der Waals surface area contributed by atoms with Crippen molar-refractivity contribution in [3.05, 3.63) is 28.2 Å². The minimum atomic E-state index is -0.146. The second kappa shape index (κ2) is 8.94. The van der Waals surface area contributed by atoms with E-state index in [0.717, 1.165) is 11.0 Å². The molecule has 0 spiro atoms. The summed E-state index contributed by atoms with van der Waals surface area (Å²) < 4.78 is 11.3. The fraction of sp³-hybridized carbons (Fsp3) is 0.500. The molecule has 1 aromatic carbocycles. The van der Waals surface area contributed by atoms with Gasteiger partial charge in [-0.3, -0.25) is 4.79 Å². The van der Waals surface area contributed by atoms with Crippen molar-refractivity contribution in [1.29, 1.82) is 0 Å². The predicted octanol–water partition coefficient (Wildman–Crippen LogP) is 1.77. The molecule has 0 saturated heterocycles. The smallest absolute Gasteiger partial charge is 0.252 e. The molecule has 0 atom stereocenters. The normalized spacial score (nSPS) is 10.7. The van der Waals surface area contributed by atoms with Gasteiger partial charge < -0.3 is 19.7 Å². The Balaban J connectivity index is 2.36. The number of likely N-dealkylation sites (N-methyl/N-ethyl adjacent to an activating group) is 1. The van der Waals surface area contributed by atoms with E-state index < -0.39 is 0 Å². The fourth-order valence-corrected chi connectivity index (χ4v) is 1.91. The van der Waals surface area contributed by atoms with Crippen molar-refractivity contribution in [1.82, 2.24) is 10.2 Å². The molecule has 0 aromatic heterocycles. The van der Waals surface area contributed by atoms with Gasteiger partial charge in [0.1, 0.15) is 5.75 Å². The quantitative estimate of drug-likeness (QED) is 0.730. The predicted molar refractivity (Wildman–Crippen MR) is 82.4 cm³/mol. The van der Waals surface area contributed by atoms with Crippen molar-refractivity contribution in [2.24, 2.45) is 0 Å². The second-order valence-electron chi connectivity index (χ2n) is 4.52. The van der Waals surface area contributed by atoms with Crippen molar-refractivity contribution in [2.45, 2.75) is 0 Å². The number of nitrogens with zero attached hydrogens (tertiary/aromatic N) is 1. The summed E-state index contributed by atoms with van der Waals surface area (Å²) in [7, 11) is 5.56. The van der Waals surface area contributed by atoms with Crippen LogP contribution in [0.5, 0.6) is 5.75 Å². The number of amides is 1. The molecule has 20 heavy (non-hydrogen) atoms. The van der Waals surface area contributed by atoms with E-state index in [1.54, 1.807) is 25.3 Å². The lowest BCUT2D eigenvalue weighted by Crippen LogP contribution is -2.28. The van der Waals surface area contributed by atoms with Gasteiger partial charge in [-0.1, -0.05) is 0 Å². The van der Waals surface area contributed by atoms with Crippen LogP contribution < -0.4 is 10.1 Å². The van der Waals surface area contributed by atoms with Gasteiger partial charge in [0.15, 0.2) is 0 Å². The number of hydrogen-bond donors (Lipinski definition) is 1. The molecule has 1 aromatic rings. The van der Waals surface area contributed by atoms with Gasteiger partial charge in [0, 0.05) is 17.6 Å². The van der Waals surface area contributed by atoms with Gasteiger partial charge in [-0.15, -0.1) is 0 Å². The molecule has 6 heteroatoms. The van der Waals surface area contributed by atoms with E-state index in [2.05, 4.69) is 21.2 Å². The number of benzene rings is 1. The van der Waals surface area contributed by atoms with E-state index in [1.807, 2.05) is 19.0 Å². The van der Waals surface area contributed by atoms with Crippen LogP contribution >= 0.6 is 15.9 Å². The number of ether oxygens (including phenoxy) is 2. The number of nitrogens with one attached hydrogen (secondary N) is 1. The van der Waals surface area contributed by atoms with Gasteiger partial charge in [0.2, 0.25) is 0 Å². The summed E-state index contributed by atoms with van der Waals surface area (Å²) in [6.45, 7) is 2.51. The van der Waals surface area contributed by atoms with Crippen molar-refractivity contribution in [3.8, 4) is 5.75 Å². The SMILES string of the molecule is COc1ccc(Br)c(C(=O)NCCOCCN(C)C)c1. The average molecular weight is 345 g/mol. The molecule has 1 N–H and O–H groups in total. The molecule has 112 valence electrons. The molecule has 0 bridgehead atoms. The highest BCUT2D eigenvalue weighted by Gasteiger charge is 2.10. The van der Waals surface area contributed by atoms with Crippen molar-refractivity contribution in [3.63, 3.8) is 0 Å². The summed E-state index contributed by atoms with van der Waals surface area (Å²) in [6.07, 6.45) is 0. The summed E-state index contributed by atoms with van der Waals surface area (Å²) in [5.41, 5.74) is 0.553. The number of rotatable bonds is 8. The van der Waals surface area contributed by atoms with Gasteiger partial charge in [0.05, 0.1) is 25.9 Å². The van der Waals surface area contributed by atoms with E-state index >= 15 is 0 Å². The van der Waals surface area contributed by atoms with Gasteiger partial charge in [-0.25, -0.2) is 0 Å². The van der Waals surface area contributed by atoms with Gasteiger partial charge in [0.25, 0.3) is 5.91 Å². The summed E-state index contributed by atoms with van der Waals surface area (Å²) in [5, 5.41) is 2.82. The Labute approximate surface area is 128 Å². The standard InChI is InChI=1S/C14H21BrN2O3/c1-17(2)7-9-20-8-6-16-14(18)12-10-11(19-3)4-5-13(12)15/h4-5,10H,6-9H2,1-3H3,(H,16,18). The Morgan fingerprint density at radius 1 is 1.35 bits per heavy atom. The topological polar surface area (TPSA) is 50.8 Å². The lowest BCUT2D eigenvalue weighted by Gasteiger charge is -2.11. The van der Waals surface area contributed by atoms with E-state index in [9.17, 15) is 4.79 Å². The highest BCUT2D eigenvalue weighted by molar-refractivity contribution is 9.10. The third-order valence-corrected chi connectivity index (χ3v) is 3.32. The minimum absolute atomic E-state index is 0.146. The second-order valence-corrected chi connectivity index (χ2v) is 5.37. The zero-order valence-electron chi connectivity index (χ0n) is 12.1. The van der Waals surface area contributed by atoms with Crippen LogP contribution in [0, 0.1) is 0 Å². The van der Waals surface area contributed by atoms with E-state index in [0.29, 0.717) is 31.1 Å². The van der Waals surface area contributed by atoms with Crippen LogP contribution in [0.15, 0.2) is 22.7 Å². The van der Waals surface area contributed by atoms with Crippen LogP contribution in [0.1, 0.15) is 10.4 Å². The average Bonchev–Trinajstić information content (AvgIpc) is 2.42. The first-order chi connectivity index (χ1) is 9.54. The molecule has 0 aliphatic carbocycles. The number of carbonyl (C=O) groups excluding carboxylic acids is 1. The number of methoxy groups -OCH3 is 1. The summed E-state index contributed by atoms with van der Waals surface area (Å²) in [4.78, 5) is 14.1. The molecular weight excluding hydrogens is 324 g/mol. The molecule has 0 fully saturated rings. The Morgan fingerprint density at radius 2 is 2.10 bits per heavy atom. The Hall–Kier alpha value is -1.11. The first-order valence-corrected chi connectivity index (χ1v) is 7.18. The van der Waals surface area contributed by atoms with E-state index in [-0.39, 0.29) is 5.91 Å². The van der Waals surface area contributed by atoms with E-state index in [1.165, 1.54) is 0 Å². The molecule has 0 heterocycles. The molecule has 1 amide bonds. The Morgan fingerprint density at radius 3 is 2.75 bits per heavy atom. The molecule has 5 nitrogen and oxygen atoms in total. The molecule has 0 radical (unpaired) electrons. The monoisotopic (exact) mass is 344 g/mol. The van der Waals surface area contributed by atoms with Crippen LogP contribution in [0.2, 0.25) is 0 Å². The van der Waals surface area contributed by atoms with Crippen LogP contribution in [0.4, 0.5) is 0 Å². The van der Waals surface area contributed by atoms with Crippen molar-refractivity contribution in [2.75, 3.05) is 47.5 Å². The summed E-state index contributed by atoms with van der Waals surface area (Å²) in [6, 6.07) is 5.29. The molecule has 1 rings (SSSR count). The first kappa shape index (κ1) is 16.9. The largest absolute Gasteiger partial charge is 0.497 e. The third-order valence-electron chi connectivity index (χ3n) is 2.63. The molecule has 0 saturated carbocycles. The summed E-state index contributed by atoms with van der Waals surface area (Å²) in [5.74, 6) is 0.507. The van der Waals surface area contributed by atoms with Crippen molar-refractivity contribution >= 4 is 21.8 Å². The van der Waals surface area contributed by atoms with E-state index in [4.69, 9.17) is 9.47 Å². The zero-order chi connectivity index (χ0) is 15.0. The van der Waals surface area contributed by atoms with Crippen LogP contribution in [-0.2, 0) is 4.74 Å². The first-order valence-electron chi connectivity index (χ1n) is 6.39. The van der Waals surface area contributed by atoms with Crippen LogP contribution in [0.25, 0.3) is 0 Å². The number of hydrogen-bond acceptors (Lipinski definition) is 4. The maximum absolute atomic E-state index is 12.0. The van der Waals surface area contributed by atoms with Gasteiger partial charge in [-0.05, 0) is 48.2 Å². The maximum atomic E-state index is 12.0.